The van der Waals surface area contributed by atoms with Crippen molar-refractivity contribution in [1.29, 1.82) is 0 Å². The van der Waals surface area contributed by atoms with E-state index in [9.17, 15) is 4.79 Å². The molecule has 0 heterocycles. The van der Waals surface area contributed by atoms with Gasteiger partial charge in [-0.05, 0) is 48.7 Å². The standard InChI is InChI=1S/C20H25NO4/c1-6-16(14-7-9-17(23-3)13(2)11-14)21-20(22)15-8-10-18(24-4)19(12-15)25-5/h7-12,16H,6H2,1-5H3,(H,21,22)/t16-/m1/s1. The normalized spacial score (nSPS) is 11.6. The van der Waals surface area contributed by atoms with Gasteiger partial charge in [0.25, 0.3) is 5.91 Å². The second-order valence-electron chi connectivity index (χ2n) is 5.73. The Kier molecular flexibility index (Phi) is 6.28. The Balaban J connectivity index is 2.21. The number of rotatable bonds is 7. The number of aryl methyl sites for hydroxylation is 1. The van der Waals surface area contributed by atoms with Gasteiger partial charge < -0.3 is 19.5 Å². The highest BCUT2D eigenvalue weighted by atomic mass is 16.5. The van der Waals surface area contributed by atoms with Crippen LogP contribution in [-0.2, 0) is 0 Å². The Morgan fingerprint density at radius 1 is 0.960 bits per heavy atom. The fraction of sp³-hybridized carbons (Fsp3) is 0.350. The van der Waals surface area contributed by atoms with Crippen molar-refractivity contribution in [1.82, 2.24) is 5.32 Å². The van der Waals surface area contributed by atoms with Crippen molar-refractivity contribution < 1.29 is 19.0 Å². The van der Waals surface area contributed by atoms with Gasteiger partial charge in [-0.1, -0.05) is 19.1 Å². The molecule has 0 unspecified atom stereocenters. The number of carbonyl (C=O) groups excluding carboxylic acids is 1. The molecule has 0 fully saturated rings. The van der Waals surface area contributed by atoms with Gasteiger partial charge >= 0.3 is 0 Å². The molecule has 0 aliphatic rings. The van der Waals surface area contributed by atoms with E-state index in [0.29, 0.717) is 17.1 Å². The fourth-order valence-electron chi connectivity index (χ4n) is 2.76. The Labute approximate surface area is 148 Å². The van der Waals surface area contributed by atoms with Crippen LogP contribution >= 0.6 is 0 Å². The van der Waals surface area contributed by atoms with Crippen LogP contribution in [0.2, 0.25) is 0 Å². The van der Waals surface area contributed by atoms with E-state index >= 15 is 0 Å². The lowest BCUT2D eigenvalue weighted by molar-refractivity contribution is 0.0935. The Bertz CT molecular complexity index is 742. The van der Waals surface area contributed by atoms with E-state index < -0.39 is 0 Å². The highest BCUT2D eigenvalue weighted by Crippen LogP contribution is 2.28. The van der Waals surface area contributed by atoms with Crippen LogP contribution in [0.3, 0.4) is 0 Å². The molecule has 0 saturated heterocycles. The molecule has 0 spiro atoms. The highest BCUT2D eigenvalue weighted by Gasteiger charge is 2.17. The molecule has 5 heteroatoms. The minimum atomic E-state index is -0.152. The molecule has 2 rings (SSSR count). The Hall–Kier alpha value is -2.69. The summed E-state index contributed by atoms with van der Waals surface area (Å²) in [4.78, 5) is 12.6. The summed E-state index contributed by atoms with van der Waals surface area (Å²) >= 11 is 0. The second-order valence-corrected chi connectivity index (χ2v) is 5.73. The van der Waals surface area contributed by atoms with Gasteiger partial charge in [0.2, 0.25) is 0 Å². The van der Waals surface area contributed by atoms with Gasteiger partial charge in [-0.2, -0.15) is 0 Å². The molecule has 1 atom stereocenters. The summed E-state index contributed by atoms with van der Waals surface area (Å²) in [5.74, 6) is 1.81. The Morgan fingerprint density at radius 2 is 1.60 bits per heavy atom. The van der Waals surface area contributed by atoms with E-state index in [4.69, 9.17) is 14.2 Å². The van der Waals surface area contributed by atoms with Crippen molar-refractivity contribution in [2.45, 2.75) is 26.3 Å². The second kappa shape index (κ2) is 8.42. The first-order valence-corrected chi connectivity index (χ1v) is 8.21. The molecule has 1 N–H and O–H groups in total. The lowest BCUT2D eigenvalue weighted by atomic mass is 10.0. The van der Waals surface area contributed by atoms with Gasteiger partial charge in [0, 0.05) is 5.56 Å². The third-order valence-electron chi connectivity index (χ3n) is 4.18. The SMILES string of the molecule is CC[C@@H](NC(=O)c1ccc(OC)c(OC)c1)c1ccc(OC)c(C)c1. The molecule has 2 aromatic carbocycles. The molecule has 0 aliphatic carbocycles. The summed E-state index contributed by atoms with van der Waals surface area (Å²) < 4.78 is 15.8. The molecule has 1 amide bonds. The zero-order valence-electron chi connectivity index (χ0n) is 15.4. The number of ether oxygens (including phenoxy) is 3. The van der Waals surface area contributed by atoms with Crippen molar-refractivity contribution in [3.8, 4) is 17.2 Å². The molecule has 0 bridgehead atoms. The largest absolute Gasteiger partial charge is 0.496 e. The molecule has 134 valence electrons. The van der Waals surface area contributed by atoms with Crippen LogP contribution in [0.15, 0.2) is 36.4 Å². The number of methoxy groups -OCH3 is 3. The number of amides is 1. The topological polar surface area (TPSA) is 56.8 Å². The quantitative estimate of drug-likeness (QED) is 0.828. The number of hydrogen-bond donors (Lipinski definition) is 1. The lowest BCUT2D eigenvalue weighted by Crippen LogP contribution is -2.28. The molecule has 0 radical (unpaired) electrons. The van der Waals surface area contributed by atoms with Crippen LogP contribution in [0.25, 0.3) is 0 Å². The molecule has 0 saturated carbocycles. The van der Waals surface area contributed by atoms with E-state index in [2.05, 4.69) is 5.32 Å². The van der Waals surface area contributed by atoms with Crippen molar-refractivity contribution >= 4 is 5.91 Å². The molecule has 5 nitrogen and oxygen atoms in total. The summed E-state index contributed by atoms with van der Waals surface area (Å²) in [5, 5.41) is 3.08. The van der Waals surface area contributed by atoms with Gasteiger partial charge in [0.15, 0.2) is 11.5 Å². The number of hydrogen-bond acceptors (Lipinski definition) is 4. The number of nitrogens with one attached hydrogen (secondary N) is 1. The van der Waals surface area contributed by atoms with E-state index in [0.717, 1.165) is 23.3 Å². The zero-order chi connectivity index (χ0) is 18.4. The first kappa shape index (κ1) is 18.6. The summed E-state index contributed by atoms with van der Waals surface area (Å²) in [7, 11) is 4.77. The van der Waals surface area contributed by atoms with Crippen molar-refractivity contribution in [3.05, 3.63) is 53.1 Å². The Morgan fingerprint density at radius 3 is 2.16 bits per heavy atom. The third kappa shape index (κ3) is 4.24. The van der Waals surface area contributed by atoms with Crippen molar-refractivity contribution in [3.63, 3.8) is 0 Å². The maximum atomic E-state index is 12.6. The van der Waals surface area contributed by atoms with Crippen LogP contribution < -0.4 is 19.5 Å². The van der Waals surface area contributed by atoms with Gasteiger partial charge in [-0.3, -0.25) is 4.79 Å². The van der Waals surface area contributed by atoms with E-state index in [1.807, 2.05) is 32.0 Å². The van der Waals surface area contributed by atoms with Crippen LogP contribution in [0.5, 0.6) is 17.2 Å². The fourth-order valence-corrected chi connectivity index (χ4v) is 2.76. The molecular formula is C20H25NO4. The predicted molar refractivity (Wildman–Crippen MR) is 97.8 cm³/mol. The van der Waals surface area contributed by atoms with Crippen molar-refractivity contribution in [2.24, 2.45) is 0 Å². The maximum absolute atomic E-state index is 12.6. The monoisotopic (exact) mass is 343 g/mol. The lowest BCUT2D eigenvalue weighted by Gasteiger charge is -2.19. The highest BCUT2D eigenvalue weighted by molar-refractivity contribution is 5.95. The minimum Gasteiger partial charge on any atom is -0.496 e. The van der Waals surface area contributed by atoms with Crippen LogP contribution in [0.1, 0.15) is 40.9 Å². The molecule has 25 heavy (non-hydrogen) atoms. The smallest absolute Gasteiger partial charge is 0.251 e. The summed E-state index contributed by atoms with van der Waals surface area (Å²) in [6.45, 7) is 4.03. The first-order chi connectivity index (χ1) is 12.0. The minimum absolute atomic E-state index is 0.0785. The summed E-state index contributed by atoms with van der Waals surface area (Å²) in [6, 6.07) is 11.0. The molecular weight excluding hydrogens is 318 g/mol. The first-order valence-electron chi connectivity index (χ1n) is 8.21. The zero-order valence-corrected chi connectivity index (χ0v) is 15.4. The van der Waals surface area contributed by atoms with Gasteiger partial charge in [-0.15, -0.1) is 0 Å². The summed E-state index contributed by atoms with van der Waals surface area (Å²) in [5.41, 5.74) is 2.62. The molecule has 0 aliphatic heterocycles. The number of carbonyl (C=O) groups is 1. The van der Waals surface area contributed by atoms with Crippen LogP contribution in [0, 0.1) is 6.92 Å². The van der Waals surface area contributed by atoms with E-state index in [1.165, 1.54) is 0 Å². The predicted octanol–water partition coefficient (Wildman–Crippen LogP) is 3.90. The molecule has 2 aromatic rings. The van der Waals surface area contributed by atoms with Crippen molar-refractivity contribution in [2.75, 3.05) is 21.3 Å². The molecule has 0 aromatic heterocycles. The van der Waals surface area contributed by atoms with Crippen LogP contribution in [-0.4, -0.2) is 27.2 Å². The van der Waals surface area contributed by atoms with E-state index in [-0.39, 0.29) is 11.9 Å². The van der Waals surface area contributed by atoms with Crippen LogP contribution in [0.4, 0.5) is 0 Å². The van der Waals surface area contributed by atoms with Gasteiger partial charge in [0.1, 0.15) is 5.75 Å². The van der Waals surface area contributed by atoms with E-state index in [1.54, 1.807) is 39.5 Å². The number of benzene rings is 2. The van der Waals surface area contributed by atoms with Gasteiger partial charge in [0.05, 0.1) is 27.4 Å². The maximum Gasteiger partial charge on any atom is 0.251 e. The van der Waals surface area contributed by atoms with Gasteiger partial charge in [-0.25, -0.2) is 0 Å². The average Bonchev–Trinajstić information content (AvgIpc) is 2.65. The third-order valence-corrected chi connectivity index (χ3v) is 4.18. The average molecular weight is 343 g/mol. The summed E-state index contributed by atoms with van der Waals surface area (Å²) in [6.07, 6.45) is 0.783.